The Balaban J connectivity index is 2.06. The Morgan fingerprint density at radius 3 is 2.61 bits per heavy atom. The highest BCUT2D eigenvalue weighted by Crippen LogP contribution is 2.37. The molecule has 3 heterocycles. The van der Waals surface area contributed by atoms with Crippen molar-refractivity contribution in [1.82, 2.24) is 15.0 Å². The molecular formula is C13H9F3N4OS2. The average Bonchev–Trinajstić information content (AvgIpc) is 3.15. The first-order valence-corrected chi connectivity index (χ1v) is 7.94. The lowest BCUT2D eigenvalue weighted by Crippen LogP contribution is -2.05. The highest BCUT2D eigenvalue weighted by molar-refractivity contribution is 7.14. The number of hydrogen-bond acceptors (Lipinski definition) is 7. The van der Waals surface area contributed by atoms with Gasteiger partial charge < -0.3 is 10.5 Å². The van der Waals surface area contributed by atoms with Gasteiger partial charge in [-0.1, -0.05) is 0 Å². The summed E-state index contributed by atoms with van der Waals surface area (Å²) in [5, 5.41) is 2.80. The van der Waals surface area contributed by atoms with Crippen LogP contribution < -0.4 is 10.5 Å². The van der Waals surface area contributed by atoms with Crippen LogP contribution in [0.2, 0.25) is 0 Å². The second-order valence-corrected chi connectivity index (χ2v) is 6.13. The zero-order valence-electron chi connectivity index (χ0n) is 11.6. The fourth-order valence-electron chi connectivity index (χ4n) is 1.83. The van der Waals surface area contributed by atoms with Gasteiger partial charge in [0.25, 0.3) is 0 Å². The quantitative estimate of drug-likeness (QED) is 0.768. The molecule has 0 aromatic carbocycles. The van der Waals surface area contributed by atoms with Crippen molar-refractivity contribution < 1.29 is 17.9 Å². The van der Waals surface area contributed by atoms with Gasteiger partial charge in [-0.2, -0.15) is 13.2 Å². The SMILES string of the molecule is COc1ccsc1-c1cc(N)nc(-c2nc(C(F)(F)F)cs2)n1. The normalized spacial score (nSPS) is 11.7. The highest BCUT2D eigenvalue weighted by atomic mass is 32.1. The summed E-state index contributed by atoms with van der Waals surface area (Å²) in [5.74, 6) is 0.800. The molecule has 0 amide bonds. The predicted molar refractivity (Wildman–Crippen MR) is 82.4 cm³/mol. The Kier molecular flexibility index (Phi) is 3.94. The number of methoxy groups -OCH3 is 1. The maximum atomic E-state index is 12.7. The van der Waals surface area contributed by atoms with Crippen molar-refractivity contribution in [3.63, 3.8) is 0 Å². The number of hydrogen-bond donors (Lipinski definition) is 1. The molecule has 3 rings (SSSR count). The van der Waals surface area contributed by atoms with E-state index in [1.165, 1.54) is 24.5 Å². The molecule has 0 aliphatic rings. The van der Waals surface area contributed by atoms with Crippen LogP contribution >= 0.6 is 22.7 Å². The Hall–Kier alpha value is -2.20. The second-order valence-electron chi connectivity index (χ2n) is 4.36. The van der Waals surface area contributed by atoms with Crippen molar-refractivity contribution in [3.8, 4) is 27.2 Å². The number of ether oxygens (including phenoxy) is 1. The van der Waals surface area contributed by atoms with Crippen molar-refractivity contribution in [2.24, 2.45) is 0 Å². The molecule has 0 unspecified atom stereocenters. The topological polar surface area (TPSA) is 73.9 Å². The molecule has 0 saturated heterocycles. The van der Waals surface area contributed by atoms with E-state index in [-0.39, 0.29) is 16.6 Å². The molecule has 0 atom stereocenters. The predicted octanol–water partition coefficient (Wildman–Crippen LogP) is 3.94. The summed E-state index contributed by atoms with van der Waals surface area (Å²) in [6, 6.07) is 3.30. The minimum Gasteiger partial charge on any atom is -0.495 e. The van der Waals surface area contributed by atoms with Crippen LogP contribution in [0.25, 0.3) is 21.4 Å². The number of nitrogens with zero attached hydrogens (tertiary/aromatic N) is 3. The zero-order chi connectivity index (χ0) is 16.6. The van der Waals surface area contributed by atoms with E-state index in [4.69, 9.17) is 10.5 Å². The van der Waals surface area contributed by atoms with Crippen molar-refractivity contribution >= 4 is 28.5 Å². The van der Waals surface area contributed by atoms with Gasteiger partial charge in [-0.3, -0.25) is 0 Å². The molecule has 0 fully saturated rings. The lowest BCUT2D eigenvalue weighted by Gasteiger charge is -2.05. The Labute approximate surface area is 136 Å². The van der Waals surface area contributed by atoms with Crippen molar-refractivity contribution in [2.45, 2.75) is 6.18 Å². The molecule has 0 bridgehead atoms. The lowest BCUT2D eigenvalue weighted by atomic mass is 10.3. The number of thiophene rings is 1. The Bertz CT molecular complexity index is 844. The van der Waals surface area contributed by atoms with Crippen LogP contribution in [0.5, 0.6) is 5.75 Å². The van der Waals surface area contributed by atoms with Crippen LogP contribution in [0.3, 0.4) is 0 Å². The van der Waals surface area contributed by atoms with E-state index < -0.39 is 11.9 Å². The third kappa shape index (κ3) is 3.13. The summed E-state index contributed by atoms with van der Waals surface area (Å²) in [5.41, 5.74) is 5.26. The lowest BCUT2D eigenvalue weighted by molar-refractivity contribution is -0.140. The van der Waals surface area contributed by atoms with Crippen molar-refractivity contribution in [2.75, 3.05) is 12.8 Å². The first kappa shape index (κ1) is 15.7. The number of nitrogens with two attached hydrogens (primary N) is 1. The first-order chi connectivity index (χ1) is 10.9. The van der Waals surface area contributed by atoms with Gasteiger partial charge in [-0.15, -0.1) is 22.7 Å². The van der Waals surface area contributed by atoms with Crippen LogP contribution in [0, 0.1) is 0 Å². The molecule has 120 valence electrons. The number of nitrogen functional groups attached to an aromatic ring is 1. The molecule has 3 aromatic heterocycles. The van der Waals surface area contributed by atoms with Gasteiger partial charge >= 0.3 is 6.18 Å². The number of rotatable bonds is 3. The molecule has 2 N–H and O–H groups in total. The van der Waals surface area contributed by atoms with Gasteiger partial charge in [0.15, 0.2) is 16.5 Å². The molecule has 23 heavy (non-hydrogen) atoms. The minimum atomic E-state index is -4.51. The third-order valence-corrected chi connectivity index (χ3v) is 4.57. The molecule has 0 aliphatic heterocycles. The largest absolute Gasteiger partial charge is 0.495 e. The molecule has 0 spiro atoms. The van der Waals surface area contributed by atoms with E-state index in [0.29, 0.717) is 11.4 Å². The van der Waals surface area contributed by atoms with E-state index in [1.54, 1.807) is 6.07 Å². The smallest absolute Gasteiger partial charge is 0.434 e. The summed E-state index contributed by atoms with van der Waals surface area (Å²) in [4.78, 5) is 12.5. The van der Waals surface area contributed by atoms with Gasteiger partial charge in [0, 0.05) is 11.4 Å². The number of anilines is 1. The maximum Gasteiger partial charge on any atom is 0.434 e. The number of thiazole rings is 1. The first-order valence-electron chi connectivity index (χ1n) is 6.18. The van der Waals surface area contributed by atoms with Gasteiger partial charge in [-0.05, 0) is 11.4 Å². The third-order valence-electron chi connectivity index (χ3n) is 2.81. The summed E-state index contributed by atoms with van der Waals surface area (Å²) in [6.07, 6.45) is -4.51. The fraction of sp³-hybridized carbons (Fsp3) is 0.154. The minimum absolute atomic E-state index is 0.0518. The summed E-state index contributed by atoms with van der Waals surface area (Å²) >= 11 is 2.20. The second kappa shape index (κ2) is 5.78. The standard InChI is InChI=1S/C13H9F3N4OS2/c1-21-7-2-3-22-10(7)6-4-9(17)20-11(18-6)12-19-8(5-23-12)13(14,15)16/h2-5H,1H3,(H2,17,18,20). The molecule has 0 radical (unpaired) electrons. The number of alkyl halides is 3. The molecule has 10 heteroatoms. The van der Waals surface area contributed by atoms with Gasteiger partial charge in [-0.25, -0.2) is 15.0 Å². The summed E-state index contributed by atoms with van der Waals surface area (Å²) < 4.78 is 43.2. The van der Waals surface area contributed by atoms with E-state index in [0.717, 1.165) is 21.6 Å². The van der Waals surface area contributed by atoms with E-state index in [2.05, 4.69) is 15.0 Å². The van der Waals surface area contributed by atoms with E-state index in [1.807, 2.05) is 5.38 Å². The van der Waals surface area contributed by atoms with Crippen LogP contribution in [-0.2, 0) is 6.18 Å². The number of aromatic nitrogens is 3. The fourth-order valence-corrected chi connectivity index (χ4v) is 3.41. The molecule has 0 aliphatic carbocycles. The van der Waals surface area contributed by atoms with Gasteiger partial charge in [0.2, 0.25) is 0 Å². The van der Waals surface area contributed by atoms with Crippen LogP contribution in [0.4, 0.5) is 19.0 Å². The van der Waals surface area contributed by atoms with Crippen LogP contribution in [-0.4, -0.2) is 22.1 Å². The van der Waals surface area contributed by atoms with E-state index in [9.17, 15) is 13.2 Å². The van der Waals surface area contributed by atoms with Crippen molar-refractivity contribution in [1.29, 1.82) is 0 Å². The summed E-state index contributed by atoms with van der Waals surface area (Å²) in [6.45, 7) is 0. The molecule has 0 saturated carbocycles. The maximum absolute atomic E-state index is 12.7. The zero-order valence-corrected chi connectivity index (χ0v) is 13.2. The summed E-state index contributed by atoms with van der Waals surface area (Å²) in [7, 11) is 1.52. The van der Waals surface area contributed by atoms with Crippen LogP contribution in [0.15, 0.2) is 22.9 Å². The molecule has 5 nitrogen and oxygen atoms in total. The molecular weight excluding hydrogens is 349 g/mol. The Morgan fingerprint density at radius 2 is 1.96 bits per heavy atom. The van der Waals surface area contributed by atoms with E-state index >= 15 is 0 Å². The molecule has 3 aromatic rings. The van der Waals surface area contributed by atoms with Crippen molar-refractivity contribution in [3.05, 3.63) is 28.6 Å². The van der Waals surface area contributed by atoms with Gasteiger partial charge in [0.05, 0.1) is 17.7 Å². The average molecular weight is 358 g/mol. The van der Waals surface area contributed by atoms with Crippen LogP contribution in [0.1, 0.15) is 5.69 Å². The number of halogens is 3. The monoisotopic (exact) mass is 358 g/mol. The Morgan fingerprint density at radius 1 is 1.17 bits per heavy atom. The highest BCUT2D eigenvalue weighted by Gasteiger charge is 2.34. The van der Waals surface area contributed by atoms with Gasteiger partial charge in [0.1, 0.15) is 11.6 Å².